The Morgan fingerprint density at radius 2 is 2.05 bits per heavy atom. The Bertz CT molecular complexity index is 739. The Morgan fingerprint density at radius 3 is 2.80 bits per heavy atom. The summed E-state index contributed by atoms with van der Waals surface area (Å²) < 4.78 is 4.27. The van der Waals surface area contributed by atoms with E-state index in [-0.39, 0.29) is 0 Å². The lowest BCUT2D eigenvalue weighted by molar-refractivity contribution is 0.599. The van der Waals surface area contributed by atoms with Crippen molar-refractivity contribution in [3.63, 3.8) is 0 Å². The number of halogens is 1. The van der Waals surface area contributed by atoms with Crippen molar-refractivity contribution in [2.75, 3.05) is 0 Å². The molecule has 0 atom stereocenters. The minimum absolute atomic E-state index is 0.797. The molecule has 3 aromatic rings. The fourth-order valence-electron chi connectivity index (χ4n) is 2.61. The van der Waals surface area contributed by atoms with Crippen molar-refractivity contribution in [3.05, 3.63) is 52.9 Å². The van der Waals surface area contributed by atoms with Gasteiger partial charge in [0.05, 0.1) is 28.5 Å². The van der Waals surface area contributed by atoms with E-state index >= 15 is 0 Å². The Balaban J connectivity index is 2.03. The first kappa shape index (κ1) is 13.3. The number of rotatable bonds is 4. The van der Waals surface area contributed by atoms with Gasteiger partial charge in [-0.25, -0.2) is 0 Å². The predicted octanol–water partition coefficient (Wildman–Crippen LogP) is 4.12. The van der Waals surface area contributed by atoms with Crippen molar-refractivity contribution in [3.8, 4) is 0 Å². The summed E-state index contributed by atoms with van der Waals surface area (Å²) in [5.41, 5.74) is 3.46. The molecule has 0 radical (unpaired) electrons. The molecule has 0 N–H and O–H groups in total. The second-order valence-corrected chi connectivity index (χ2v) is 5.32. The Kier molecular flexibility index (Phi) is 3.53. The molecule has 0 aliphatic heterocycles. The molecule has 3 nitrogen and oxygen atoms in total. The van der Waals surface area contributed by atoms with Crippen molar-refractivity contribution in [1.82, 2.24) is 14.3 Å². The highest BCUT2D eigenvalue weighted by Gasteiger charge is 2.09. The molecule has 3 rings (SSSR count). The molecular formula is C16H18ClN3. The molecule has 2 heterocycles. The van der Waals surface area contributed by atoms with Gasteiger partial charge in [0.15, 0.2) is 0 Å². The molecule has 0 unspecified atom stereocenters. The van der Waals surface area contributed by atoms with Gasteiger partial charge in [0.1, 0.15) is 0 Å². The third kappa shape index (κ3) is 2.22. The van der Waals surface area contributed by atoms with E-state index in [0.29, 0.717) is 0 Å². The van der Waals surface area contributed by atoms with Gasteiger partial charge in [-0.2, -0.15) is 5.10 Å². The van der Waals surface area contributed by atoms with E-state index in [1.807, 2.05) is 12.1 Å². The fourth-order valence-corrected chi connectivity index (χ4v) is 2.90. The lowest BCUT2D eigenvalue weighted by Crippen LogP contribution is -2.07. The largest absolute Gasteiger partial charge is 0.340 e. The molecular weight excluding hydrogens is 270 g/mol. The van der Waals surface area contributed by atoms with Gasteiger partial charge in [0, 0.05) is 18.1 Å². The third-order valence-corrected chi connectivity index (χ3v) is 3.95. The van der Waals surface area contributed by atoms with E-state index in [2.05, 4.69) is 52.6 Å². The van der Waals surface area contributed by atoms with Crippen molar-refractivity contribution in [1.29, 1.82) is 0 Å². The van der Waals surface area contributed by atoms with Crippen LogP contribution in [0.2, 0.25) is 5.02 Å². The monoisotopic (exact) mass is 287 g/mol. The van der Waals surface area contributed by atoms with E-state index in [9.17, 15) is 0 Å². The molecule has 1 aromatic carbocycles. The maximum absolute atomic E-state index is 6.33. The van der Waals surface area contributed by atoms with Crippen LogP contribution in [-0.4, -0.2) is 14.3 Å². The third-order valence-electron chi connectivity index (χ3n) is 3.65. The summed E-state index contributed by atoms with van der Waals surface area (Å²) in [5, 5.41) is 6.57. The molecule has 0 saturated heterocycles. The van der Waals surface area contributed by atoms with Crippen LogP contribution in [0.4, 0.5) is 0 Å². The molecule has 104 valence electrons. The van der Waals surface area contributed by atoms with E-state index in [0.717, 1.165) is 35.7 Å². The van der Waals surface area contributed by atoms with Gasteiger partial charge >= 0.3 is 0 Å². The molecule has 0 aliphatic rings. The molecule has 4 heteroatoms. The van der Waals surface area contributed by atoms with Crippen LogP contribution in [-0.2, 0) is 19.5 Å². The van der Waals surface area contributed by atoms with Crippen molar-refractivity contribution in [2.45, 2.75) is 33.4 Å². The molecule has 0 aliphatic carbocycles. The zero-order chi connectivity index (χ0) is 14.1. The van der Waals surface area contributed by atoms with Crippen LogP contribution in [0.5, 0.6) is 0 Å². The van der Waals surface area contributed by atoms with Crippen molar-refractivity contribution in [2.24, 2.45) is 0 Å². The highest BCUT2D eigenvalue weighted by Crippen LogP contribution is 2.25. The van der Waals surface area contributed by atoms with Crippen LogP contribution in [0, 0.1) is 0 Å². The van der Waals surface area contributed by atoms with E-state index < -0.39 is 0 Å². The summed E-state index contributed by atoms with van der Waals surface area (Å²) in [7, 11) is 0. The first-order valence-electron chi connectivity index (χ1n) is 7.02. The van der Waals surface area contributed by atoms with Crippen LogP contribution in [0.3, 0.4) is 0 Å². The number of para-hydroxylation sites is 1. The molecule has 0 fully saturated rings. The number of nitrogens with zero attached hydrogens (tertiary/aromatic N) is 3. The summed E-state index contributed by atoms with van der Waals surface area (Å²) in [6.45, 7) is 5.95. The number of aromatic nitrogens is 3. The zero-order valence-electron chi connectivity index (χ0n) is 11.8. The summed E-state index contributed by atoms with van der Waals surface area (Å²) in [5.74, 6) is 0. The summed E-state index contributed by atoms with van der Waals surface area (Å²) in [6.07, 6.45) is 3.06. The van der Waals surface area contributed by atoms with E-state index in [1.165, 1.54) is 11.1 Å². The molecule has 0 bridgehead atoms. The number of aryl methyl sites for hydroxylation is 2. The maximum atomic E-state index is 6.33. The normalized spacial score (nSPS) is 11.3. The second kappa shape index (κ2) is 5.33. The van der Waals surface area contributed by atoms with Crippen LogP contribution < -0.4 is 0 Å². The number of benzene rings is 1. The van der Waals surface area contributed by atoms with Crippen LogP contribution in [0.1, 0.15) is 25.2 Å². The number of hydrogen-bond donors (Lipinski definition) is 0. The average molecular weight is 288 g/mol. The molecule has 0 spiro atoms. The van der Waals surface area contributed by atoms with Crippen LogP contribution >= 0.6 is 11.6 Å². The van der Waals surface area contributed by atoms with Gasteiger partial charge in [-0.15, -0.1) is 0 Å². The quantitative estimate of drug-likeness (QED) is 0.708. The first-order valence-corrected chi connectivity index (χ1v) is 7.39. The molecule has 2 aromatic heterocycles. The maximum Gasteiger partial charge on any atom is 0.0673 e. The minimum Gasteiger partial charge on any atom is -0.340 e. The lowest BCUT2D eigenvalue weighted by Gasteiger charge is -2.08. The zero-order valence-corrected chi connectivity index (χ0v) is 12.6. The van der Waals surface area contributed by atoms with Crippen LogP contribution in [0.25, 0.3) is 10.9 Å². The standard InChI is InChI=1S/C16H18ClN3/c1-3-13-10-14(20(4-2)18-13)11-19-9-8-12-6-5-7-15(17)16(12)19/h5-10H,3-4,11H2,1-2H3. The Labute approximate surface area is 123 Å². The van der Waals surface area contributed by atoms with E-state index in [1.54, 1.807) is 0 Å². The number of fused-ring (bicyclic) bond motifs is 1. The SMILES string of the molecule is CCc1cc(Cn2ccc3cccc(Cl)c32)n(CC)n1. The summed E-state index contributed by atoms with van der Waals surface area (Å²) in [6, 6.07) is 10.3. The Hall–Kier alpha value is -1.74. The first-order chi connectivity index (χ1) is 9.72. The van der Waals surface area contributed by atoms with Crippen LogP contribution in [0.15, 0.2) is 36.5 Å². The molecule has 0 saturated carbocycles. The van der Waals surface area contributed by atoms with Gasteiger partial charge in [-0.05, 0) is 31.5 Å². The predicted molar refractivity (Wildman–Crippen MR) is 83.3 cm³/mol. The van der Waals surface area contributed by atoms with Gasteiger partial charge in [0.2, 0.25) is 0 Å². The summed E-state index contributed by atoms with van der Waals surface area (Å²) in [4.78, 5) is 0. The highest BCUT2D eigenvalue weighted by atomic mass is 35.5. The van der Waals surface area contributed by atoms with Gasteiger partial charge < -0.3 is 4.57 Å². The van der Waals surface area contributed by atoms with Crippen molar-refractivity contribution < 1.29 is 0 Å². The van der Waals surface area contributed by atoms with Gasteiger partial charge in [-0.1, -0.05) is 30.7 Å². The van der Waals surface area contributed by atoms with Gasteiger partial charge in [-0.3, -0.25) is 4.68 Å². The number of hydrogen-bond acceptors (Lipinski definition) is 1. The van der Waals surface area contributed by atoms with Crippen molar-refractivity contribution >= 4 is 22.5 Å². The minimum atomic E-state index is 0.797. The average Bonchev–Trinajstić information content (AvgIpc) is 3.04. The van der Waals surface area contributed by atoms with E-state index in [4.69, 9.17) is 11.6 Å². The lowest BCUT2D eigenvalue weighted by atomic mass is 10.2. The fraction of sp³-hybridized carbons (Fsp3) is 0.312. The van der Waals surface area contributed by atoms with Gasteiger partial charge in [0.25, 0.3) is 0 Å². The summed E-state index contributed by atoms with van der Waals surface area (Å²) >= 11 is 6.33. The second-order valence-electron chi connectivity index (χ2n) is 4.92. The highest BCUT2D eigenvalue weighted by molar-refractivity contribution is 6.35. The smallest absolute Gasteiger partial charge is 0.0673 e. The Morgan fingerprint density at radius 1 is 1.20 bits per heavy atom. The molecule has 20 heavy (non-hydrogen) atoms. The topological polar surface area (TPSA) is 22.8 Å². The molecule has 0 amide bonds.